The van der Waals surface area contributed by atoms with Crippen molar-refractivity contribution in [3.8, 4) is 5.75 Å². The van der Waals surface area contributed by atoms with Gasteiger partial charge in [0.1, 0.15) is 5.75 Å². The molecule has 0 aromatic heterocycles. The van der Waals surface area contributed by atoms with Crippen LogP contribution in [-0.2, 0) is 27.2 Å². The standard InChI is InChI=1S/C21H23NO4/c1-14-8-15(2)10-18(9-14)22-20(23)12-26-21(24)13-25-19-7-6-16-4-3-5-17(16)11-19/h6-11H,3-5,12-13H2,1-2H3,(H,22,23). The molecule has 0 radical (unpaired) electrons. The number of fused-ring (bicyclic) bond motifs is 1. The van der Waals surface area contributed by atoms with E-state index in [1.54, 1.807) is 0 Å². The molecule has 0 spiro atoms. The fraction of sp³-hybridized carbons (Fsp3) is 0.333. The van der Waals surface area contributed by atoms with Gasteiger partial charge in [0.2, 0.25) is 0 Å². The monoisotopic (exact) mass is 353 g/mol. The zero-order valence-electron chi connectivity index (χ0n) is 15.1. The highest BCUT2D eigenvalue weighted by Gasteiger charge is 2.13. The Hall–Kier alpha value is -2.82. The van der Waals surface area contributed by atoms with Crippen molar-refractivity contribution >= 4 is 17.6 Å². The van der Waals surface area contributed by atoms with E-state index < -0.39 is 5.97 Å². The lowest BCUT2D eigenvalue weighted by Crippen LogP contribution is -2.23. The van der Waals surface area contributed by atoms with Crippen molar-refractivity contribution in [1.82, 2.24) is 0 Å². The SMILES string of the molecule is Cc1cc(C)cc(NC(=O)COC(=O)COc2ccc3c(c2)CCC3)c1. The average Bonchev–Trinajstić information content (AvgIpc) is 3.05. The highest BCUT2D eigenvalue weighted by atomic mass is 16.6. The van der Waals surface area contributed by atoms with Crippen LogP contribution in [0.1, 0.15) is 28.7 Å². The summed E-state index contributed by atoms with van der Waals surface area (Å²) in [5, 5.41) is 2.72. The number of rotatable bonds is 6. The number of amides is 1. The minimum Gasteiger partial charge on any atom is -0.482 e. The van der Waals surface area contributed by atoms with Crippen molar-refractivity contribution in [2.75, 3.05) is 18.5 Å². The molecule has 1 aliphatic carbocycles. The van der Waals surface area contributed by atoms with E-state index in [2.05, 4.69) is 5.32 Å². The van der Waals surface area contributed by atoms with Crippen LogP contribution in [0, 0.1) is 13.8 Å². The molecule has 0 saturated heterocycles. The predicted octanol–water partition coefficient (Wildman–Crippen LogP) is 3.35. The molecule has 0 saturated carbocycles. The number of hydrogen-bond donors (Lipinski definition) is 1. The maximum Gasteiger partial charge on any atom is 0.344 e. The molecule has 0 bridgehead atoms. The number of ether oxygens (including phenoxy) is 2. The maximum absolute atomic E-state index is 11.9. The van der Waals surface area contributed by atoms with Crippen LogP contribution < -0.4 is 10.1 Å². The van der Waals surface area contributed by atoms with E-state index >= 15 is 0 Å². The Morgan fingerprint density at radius 2 is 1.69 bits per heavy atom. The van der Waals surface area contributed by atoms with Gasteiger partial charge in [-0.3, -0.25) is 4.79 Å². The Bertz CT molecular complexity index is 809. The molecule has 3 rings (SSSR count). The third-order valence-corrected chi connectivity index (χ3v) is 4.30. The van der Waals surface area contributed by atoms with Gasteiger partial charge >= 0.3 is 5.97 Å². The van der Waals surface area contributed by atoms with Crippen LogP contribution in [0.2, 0.25) is 0 Å². The summed E-state index contributed by atoms with van der Waals surface area (Å²) in [6, 6.07) is 11.6. The highest BCUT2D eigenvalue weighted by Crippen LogP contribution is 2.25. The summed E-state index contributed by atoms with van der Waals surface area (Å²) in [6.45, 7) is 3.37. The number of nitrogens with one attached hydrogen (secondary N) is 1. The Balaban J connectivity index is 1.43. The molecule has 0 heterocycles. The van der Waals surface area contributed by atoms with Crippen molar-refractivity contribution < 1.29 is 19.1 Å². The number of carbonyl (C=O) groups is 2. The molecular weight excluding hydrogens is 330 g/mol. The van der Waals surface area contributed by atoms with Gasteiger partial charge in [-0.05, 0) is 79.6 Å². The number of benzene rings is 2. The van der Waals surface area contributed by atoms with Crippen LogP contribution in [0.15, 0.2) is 36.4 Å². The van der Waals surface area contributed by atoms with Crippen LogP contribution >= 0.6 is 0 Å². The summed E-state index contributed by atoms with van der Waals surface area (Å²) in [7, 11) is 0. The molecular formula is C21H23NO4. The molecule has 2 aromatic rings. The quantitative estimate of drug-likeness (QED) is 0.809. The first-order valence-electron chi connectivity index (χ1n) is 8.78. The minimum absolute atomic E-state index is 0.213. The van der Waals surface area contributed by atoms with Gasteiger partial charge in [0.05, 0.1) is 0 Å². The number of carbonyl (C=O) groups excluding carboxylic acids is 2. The number of hydrogen-bond acceptors (Lipinski definition) is 4. The molecule has 2 aromatic carbocycles. The second-order valence-electron chi connectivity index (χ2n) is 6.66. The van der Waals surface area contributed by atoms with Crippen LogP contribution in [0.25, 0.3) is 0 Å². The summed E-state index contributed by atoms with van der Waals surface area (Å²) in [4.78, 5) is 23.7. The number of anilines is 1. The minimum atomic E-state index is -0.568. The van der Waals surface area contributed by atoms with Gasteiger partial charge in [0.15, 0.2) is 13.2 Å². The van der Waals surface area contributed by atoms with Crippen LogP contribution in [-0.4, -0.2) is 25.1 Å². The summed E-state index contributed by atoms with van der Waals surface area (Å²) in [5.74, 6) is -0.288. The number of esters is 1. The van der Waals surface area contributed by atoms with Gasteiger partial charge in [-0.25, -0.2) is 4.79 Å². The van der Waals surface area contributed by atoms with E-state index in [1.165, 1.54) is 11.1 Å². The van der Waals surface area contributed by atoms with Crippen molar-refractivity contribution in [3.63, 3.8) is 0 Å². The van der Waals surface area contributed by atoms with E-state index in [0.29, 0.717) is 11.4 Å². The van der Waals surface area contributed by atoms with E-state index in [4.69, 9.17) is 9.47 Å². The highest BCUT2D eigenvalue weighted by molar-refractivity contribution is 5.93. The zero-order chi connectivity index (χ0) is 18.5. The van der Waals surface area contributed by atoms with E-state index in [0.717, 1.165) is 30.4 Å². The van der Waals surface area contributed by atoms with Crippen LogP contribution in [0.3, 0.4) is 0 Å². The molecule has 0 fully saturated rings. The topological polar surface area (TPSA) is 64.6 Å². The van der Waals surface area contributed by atoms with Crippen molar-refractivity contribution in [1.29, 1.82) is 0 Å². The summed E-state index contributed by atoms with van der Waals surface area (Å²) in [6.07, 6.45) is 3.32. The summed E-state index contributed by atoms with van der Waals surface area (Å²) < 4.78 is 10.4. The smallest absolute Gasteiger partial charge is 0.344 e. The normalized spacial score (nSPS) is 12.4. The molecule has 5 heteroatoms. The molecule has 0 unspecified atom stereocenters. The second-order valence-corrected chi connectivity index (χ2v) is 6.66. The molecule has 26 heavy (non-hydrogen) atoms. The fourth-order valence-corrected chi connectivity index (χ4v) is 3.21. The summed E-state index contributed by atoms with van der Waals surface area (Å²) >= 11 is 0. The molecule has 1 amide bonds. The van der Waals surface area contributed by atoms with Crippen LogP contribution in [0.4, 0.5) is 5.69 Å². The lowest BCUT2D eigenvalue weighted by molar-refractivity contribution is -0.149. The van der Waals surface area contributed by atoms with E-state index in [-0.39, 0.29) is 19.1 Å². The lowest BCUT2D eigenvalue weighted by atomic mass is 10.1. The Morgan fingerprint density at radius 1 is 0.962 bits per heavy atom. The van der Waals surface area contributed by atoms with Gasteiger partial charge in [-0.2, -0.15) is 0 Å². The largest absolute Gasteiger partial charge is 0.482 e. The molecule has 5 nitrogen and oxygen atoms in total. The maximum atomic E-state index is 11.9. The average molecular weight is 353 g/mol. The Morgan fingerprint density at radius 3 is 2.46 bits per heavy atom. The van der Waals surface area contributed by atoms with E-state index in [1.807, 2.05) is 50.2 Å². The molecule has 136 valence electrons. The lowest BCUT2D eigenvalue weighted by Gasteiger charge is -2.10. The molecule has 0 aliphatic heterocycles. The molecule has 1 N–H and O–H groups in total. The third-order valence-electron chi connectivity index (χ3n) is 4.30. The first kappa shape index (κ1) is 18.0. The molecule has 1 aliphatic rings. The molecule has 0 atom stereocenters. The van der Waals surface area contributed by atoms with Crippen molar-refractivity contribution in [3.05, 3.63) is 58.7 Å². The second kappa shape index (κ2) is 8.04. The van der Waals surface area contributed by atoms with Crippen LogP contribution in [0.5, 0.6) is 5.75 Å². The number of aryl methyl sites for hydroxylation is 4. The Labute approximate surface area is 153 Å². The van der Waals surface area contributed by atoms with Gasteiger partial charge in [-0.15, -0.1) is 0 Å². The van der Waals surface area contributed by atoms with E-state index in [9.17, 15) is 9.59 Å². The van der Waals surface area contributed by atoms with Gasteiger partial charge < -0.3 is 14.8 Å². The fourth-order valence-electron chi connectivity index (χ4n) is 3.21. The van der Waals surface area contributed by atoms with Gasteiger partial charge in [-0.1, -0.05) is 12.1 Å². The summed E-state index contributed by atoms with van der Waals surface area (Å²) in [5.41, 5.74) is 5.43. The van der Waals surface area contributed by atoms with Crippen molar-refractivity contribution in [2.24, 2.45) is 0 Å². The first-order valence-corrected chi connectivity index (χ1v) is 8.78. The van der Waals surface area contributed by atoms with Crippen molar-refractivity contribution in [2.45, 2.75) is 33.1 Å². The zero-order valence-corrected chi connectivity index (χ0v) is 15.1. The third kappa shape index (κ3) is 4.85. The van der Waals surface area contributed by atoms with Gasteiger partial charge in [0.25, 0.3) is 5.91 Å². The van der Waals surface area contributed by atoms with Gasteiger partial charge in [0, 0.05) is 5.69 Å². The Kier molecular flexibility index (Phi) is 5.56. The predicted molar refractivity (Wildman–Crippen MR) is 99.5 cm³/mol. The first-order chi connectivity index (χ1) is 12.5.